The van der Waals surface area contributed by atoms with E-state index in [1.165, 1.54) is 19.3 Å². The maximum Gasteiger partial charge on any atom is 0.341 e. The molecule has 0 aromatic heterocycles. The minimum absolute atomic E-state index is 0.0771. The van der Waals surface area contributed by atoms with Gasteiger partial charge >= 0.3 is 11.9 Å². The standard InChI is InChI=1S/C15H12INO8S/c1-24-9-3-7(2-8(16)13(9)25-6-12(20)21)4-10-14(22)17(5-11(18)19)15(23)26-10/h2-4H,5-6H2,1H3,(H,18,19)(H,20,21)/b10-4+. The van der Waals surface area contributed by atoms with E-state index in [0.717, 1.165) is 0 Å². The zero-order valence-corrected chi connectivity index (χ0v) is 16.2. The average Bonchev–Trinajstić information content (AvgIpc) is 2.80. The highest BCUT2D eigenvalue weighted by Crippen LogP contribution is 2.37. The Morgan fingerprint density at radius 1 is 1.27 bits per heavy atom. The van der Waals surface area contributed by atoms with E-state index in [4.69, 9.17) is 19.7 Å². The molecule has 0 unspecified atom stereocenters. The lowest BCUT2D eigenvalue weighted by Gasteiger charge is -2.12. The SMILES string of the molecule is COc1cc(/C=C2/SC(=O)N(CC(=O)O)C2=O)cc(I)c1OCC(=O)O. The van der Waals surface area contributed by atoms with Crippen LogP contribution >= 0.6 is 34.4 Å². The Bertz CT molecular complexity index is 822. The number of carbonyl (C=O) groups excluding carboxylic acids is 2. The Kier molecular flexibility index (Phi) is 6.47. The van der Waals surface area contributed by atoms with Crippen LogP contribution in [0.5, 0.6) is 11.5 Å². The molecule has 0 atom stereocenters. The number of amides is 2. The summed E-state index contributed by atoms with van der Waals surface area (Å²) in [6, 6.07) is 3.13. The molecule has 1 aliphatic rings. The van der Waals surface area contributed by atoms with Crippen LogP contribution in [0.25, 0.3) is 6.08 Å². The van der Waals surface area contributed by atoms with Crippen molar-refractivity contribution >= 4 is 63.5 Å². The summed E-state index contributed by atoms with van der Waals surface area (Å²) in [6.07, 6.45) is 1.43. The van der Waals surface area contributed by atoms with Crippen LogP contribution in [-0.2, 0) is 14.4 Å². The van der Waals surface area contributed by atoms with Crippen LogP contribution < -0.4 is 9.47 Å². The topological polar surface area (TPSA) is 130 Å². The monoisotopic (exact) mass is 493 g/mol. The van der Waals surface area contributed by atoms with E-state index in [9.17, 15) is 19.2 Å². The van der Waals surface area contributed by atoms with Gasteiger partial charge in [0.15, 0.2) is 18.1 Å². The number of thioether (sulfide) groups is 1. The average molecular weight is 493 g/mol. The van der Waals surface area contributed by atoms with Crippen molar-refractivity contribution in [2.75, 3.05) is 20.3 Å². The van der Waals surface area contributed by atoms with E-state index in [1.807, 2.05) is 22.6 Å². The highest BCUT2D eigenvalue weighted by molar-refractivity contribution is 14.1. The third-order valence-corrected chi connectivity index (χ3v) is 4.77. The summed E-state index contributed by atoms with van der Waals surface area (Å²) in [5.41, 5.74) is 0.509. The van der Waals surface area contributed by atoms with Crippen LogP contribution in [0.2, 0.25) is 0 Å². The molecule has 9 nitrogen and oxygen atoms in total. The van der Waals surface area contributed by atoms with Crippen molar-refractivity contribution < 1.29 is 38.9 Å². The zero-order chi connectivity index (χ0) is 19.4. The van der Waals surface area contributed by atoms with E-state index in [0.29, 0.717) is 25.8 Å². The number of ether oxygens (including phenoxy) is 2. The van der Waals surface area contributed by atoms with Gasteiger partial charge in [-0.2, -0.15) is 0 Å². The molecule has 1 saturated heterocycles. The number of rotatable bonds is 7. The smallest absolute Gasteiger partial charge is 0.341 e. The summed E-state index contributed by atoms with van der Waals surface area (Å²) < 4.78 is 10.9. The van der Waals surface area contributed by atoms with Crippen molar-refractivity contribution in [3.05, 3.63) is 26.2 Å². The van der Waals surface area contributed by atoms with Gasteiger partial charge in [0.05, 0.1) is 15.6 Å². The summed E-state index contributed by atoms with van der Waals surface area (Å²) in [5.74, 6) is -2.62. The van der Waals surface area contributed by atoms with Crippen molar-refractivity contribution in [1.29, 1.82) is 0 Å². The van der Waals surface area contributed by atoms with E-state index in [1.54, 1.807) is 6.07 Å². The molecule has 1 aromatic carbocycles. The second-order valence-electron chi connectivity index (χ2n) is 4.88. The Morgan fingerprint density at radius 2 is 1.96 bits per heavy atom. The summed E-state index contributed by atoms with van der Waals surface area (Å²) >= 11 is 2.56. The van der Waals surface area contributed by atoms with Crippen molar-refractivity contribution in [2.24, 2.45) is 0 Å². The molecule has 1 heterocycles. The zero-order valence-electron chi connectivity index (χ0n) is 13.2. The summed E-state index contributed by atoms with van der Waals surface area (Å²) in [4.78, 5) is 46.1. The number of aliphatic carboxylic acids is 2. The van der Waals surface area contributed by atoms with E-state index >= 15 is 0 Å². The Hall–Kier alpha value is -2.28. The molecule has 1 fully saturated rings. The number of nitrogens with zero attached hydrogens (tertiary/aromatic N) is 1. The molecule has 26 heavy (non-hydrogen) atoms. The molecule has 2 N–H and O–H groups in total. The maximum atomic E-state index is 12.2. The van der Waals surface area contributed by atoms with Crippen LogP contribution in [0.1, 0.15) is 5.56 Å². The van der Waals surface area contributed by atoms with Gasteiger partial charge in [-0.15, -0.1) is 0 Å². The Labute approximate surface area is 165 Å². The summed E-state index contributed by atoms with van der Waals surface area (Å²) in [5, 5.41) is 16.8. The molecule has 138 valence electrons. The van der Waals surface area contributed by atoms with Crippen LogP contribution in [0.15, 0.2) is 17.0 Å². The van der Waals surface area contributed by atoms with Gasteiger partial charge in [0.1, 0.15) is 6.54 Å². The van der Waals surface area contributed by atoms with E-state index in [-0.39, 0.29) is 16.4 Å². The van der Waals surface area contributed by atoms with Gasteiger partial charge in [-0.25, -0.2) is 4.79 Å². The molecule has 0 aliphatic carbocycles. The summed E-state index contributed by atoms with van der Waals surface area (Å²) in [6.45, 7) is -1.25. The normalized spacial score (nSPS) is 15.5. The van der Waals surface area contributed by atoms with Gasteiger partial charge in [0, 0.05) is 0 Å². The fourth-order valence-corrected chi connectivity index (χ4v) is 3.64. The van der Waals surface area contributed by atoms with Crippen molar-refractivity contribution in [3.63, 3.8) is 0 Å². The molecule has 2 amide bonds. The number of hydrogen-bond acceptors (Lipinski definition) is 7. The highest BCUT2D eigenvalue weighted by atomic mass is 127. The lowest BCUT2D eigenvalue weighted by molar-refractivity contribution is -0.140. The molecule has 1 aliphatic heterocycles. The first-order chi connectivity index (χ1) is 12.2. The van der Waals surface area contributed by atoms with Gasteiger partial charge in [-0.3, -0.25) is 19.3 Å². The second-order valence-corrected chi connectivity index (χ2v) is 7.03. The van der Waals surface area contributed by atoms with E-state index in [2.05, 4.69) is 0 Å². The number of carboxylic acid groups (broad SMARTS) is 2. The third kappa shape index (κ3) is 4.66. The predicted octanol–water partition coefficient (Wildman–Crippen LogP) is 1.88. The molecule has 0 spiro atoms. The molecule has 0 bridgehead atoms. The Balaban J connectivity index is 2.32. The lowest BCUT2D eigenvalue weighted by Crippen LogP contribution is -2.33. The summed E-state index contributed by atoms with van der Waals surface area (Å²) in [7, 11) is 1.38. The van der Waals surface area contributed by atoms with Gasteiger partial charge in [-0.1, -0.05) is 0 Å². The van der Waals surface area contributed by atoms with Crippen LogP contribution in [0.4, 0.5) is 4.79 Å². The molecular formula is C15H12INO8S. The second kappa shape index (κ2) is 8.40. The molecule has 0 saturated carbocycles. The molecule has 2 rings (SSSR count). The van der Waals surface area contributed by atoms with Crippen molar-refractivity contribution in [2.45, 2.75) is 0 Å². The fourth-order valence-electron chi connectivity index (χ4n) is 2.02. The van der Waals surface area contributed by atoms with E-state index < -0.39 is 36.2 Å². The first kappa shape index (κ1) is 20.0. The molecular weight excluding hydrogens is 481 g/mol. The van der Waals surface area contributed by atoms with Gasteiger partial charge in [0.25, 0.3) is 11.1 Å². The Morgan fingerprint density at radius 3 is 2.54 bits per heavy atom. The van der Waals surface area contributed by atoms with Crippen molar-refractivity contribution in [3.8, 4) is 11.5 Å². The van der Waals surface area contributed by atoms with Crippen LogP contribution in [0.3, 0.4) is 0 Å². The number of benzene rings is 1. The van der Waals surface area contributed by atoms with Gasteiger partial charge < -0.3 is 19.7 Å². The largest absolute Gasteiger partial charge is 0.493 e. The third-order valence-electron chi connectivity index (χ3n) is 3.06. The fraction of sp³-hybridized carbons (Fsp3) is 0.200. The number of halogens is 1. The van der Waals surface area contributed by atoms with Gasteiger partial charge in [-0.05, 0) is 58.1 Å². The quantitative estimate of drug-likeness (QED) is 0.432. The first-order valence-corrected chi connectivity index (χ1v) is 8.81. The minimum Gasteiger partial charge on any atom is -0.493 e. The number of imide groups is 1. The van der Waals surface area contributed by atoms with Crippen LogP contribution in [0, 0.1) is 3.57 Å². The molecule has 0 radical (unpaired) electrons. The highest BCUT2D eigenvalue weighted by Gasteiger charge is 2.36. The first-order valence-electron chi connectivity index (χ1n) is 6.92. The molecule has 1 aromatic rings. The molecule has 11 heteroatoms. The van der Waals surface area contributed by atoms with Crippen LogP contribution in [-0.4, -0.2) is 58.5 Å². The minimum atomic E-state index is -1.29. The number of hydrogen-bond donors (Lipinski definition) is 2. The number of methoxy groups -OCH3 is 1. The van der Waals surface area contributed by atoms with Gasteiger partial charge in [0.2, 0.25) is 0 Å². The lowest BCUT2D eigenvalue weighted by atomic mass is 10.2. The number of carbonyl (C=O) groups is 4. The number of carboxylic acids is 2. The van der Waals surface area contributed by atoms with Crippen molar-refractivity contribution in [1.82, 2.24) is 4.90 Å². The predicted molar refractivity (Wildman–Crippen MR) is 99.2 cm³/mol. The maximum absolute atomic E-state index is 12.2.